The smallest absolute Gasteiger partial charge is 0.330 e. The molecular formula is C14H24O2. The fraction of sp³-hybridized carbons (Fsp3) is 0.643. The van der Waals surface area contributed by atoms with Crippen LogP contribution in [0.4, 0.5) is 0 Å². The minimum Gasteiger partial charge on any atom is -0.457 e. The maximum atomic E-state index is 11.3. The molecule has 0 rings (SSSR count). The summed E-state index contributed by atoms with van der Waals surface area (Å²) < 4.78 is 5.14. The molecule has 0 unspecified atom stereocenters. The fourth-order valence-corrected chi connectivity index (χ4v) is 1.24. The summed E-state index contributed by atoms with van der Waals surface area (Å²) in [7, 11) is 0. The summed E-state index contributed by atoms with van der Waals surface area (Å²) in [6, 6.07) is 0. The summed E-state index contributed by atoms with van der Waals surface area (Å²) in [5.41, 5.74) is -0.397. The van der Waals surface area contributed by atoms with Crippen LogP contribution in [-0.2, 0) is 9.53 Å². The Kier molecular flexibility index (Phi) is 7.61. The van der Waals surface area contributed by atoms with E-state index in [0.29, 0.717) is 0 Å². The fourth-order valence-electron chi connectivity index (χ4n) is 1.24. The van der Waals surface area contributed by atoms with Gasteiger partial charge >= 0.3 is 5.97 Å². The van der Waals surface area contributed by atoms with Crippen molar-refractivity contribution in [3.05, 3.63) is 24.8 Å². The molecule has 0 heterocycles. The lowest BCUT2D eigenvalue weighted by molar-refractivity contribution is -0.148. The molecule has 0 fully saturated rings. The molecule has 0 aromatic rings. The average molecular weight is 224 g/mol. The van der Waals surface area contributed by atoms with Gasteiger partial charge in [0.05, 0.1) is 0 Å². The zero-order valence-electron chi connectivity index (χ0n) is 10.8. The van der Waals surface area contributed by atoms with Gasteiger partial charge in [0.25, 0.3) is 0 Å². The standard InChI is InChI=1S/C14H24O2/c1-5-6-7-8-9-10-11-12-13(15)16-14(2,3)4/h5,11-12H,1,6-10H2,2-4H3/b12-11+. The van der Waals surface area contributed by atoms with Gasteiger partial charge < -0.3 is 4.74 Å². The summed E-state index contributed by atoms with van der Waals surface area (Å²) in [4.78, 5) is 11.3. The molecule has 0 aliphatic rings. The Morgan fingerprint density at radius 1 is 1.19 bits per heavy atom. The highest BCUT2D eigenvalue weighted by molar-refractivity contribution is 5.82. The maximum Gasteiger partial charge on any atom is 0.330 e. The molecule has 0 aromatic heterocycles. The number of allylic oxidation sites excluding steroid dienone is 2. The summed E-state index contributed by atoms with van der Waals surface area (Å²) in [5, 5.41) is 0. The van der Waals surface area contributed by atoms with Crippen LogP contribution in [0.25, 0.3) is 0 Å². The van der Waals surface area contributed by atoms with Gasteiger partial charge in [0.15, 0.2) is 0 Å². The maximum absolute atomic E-state index is 11.3. The van der Waals surface area contributed by atoms with E-state index in [1.54, 1.807) is 0 Å². The SMILES string of the molecule is C=CCCCCC/C=C/C(=O)OC(C)(C)C. The first-order valence-electron chi connectivity index (χ1n) is 5.96. The molecule has 0 radical (unpaired) electrons. The Labute approximate surface area is 99.4 Å². The molecular weight excluding hydrogens is 200 g/mol. The van der Waals surface area contributed by atoms with E-state index in [2.05, 4.69) is 6.58 Å². The van der Waals surface area contributed by atoms with E-state index < -0.39 is 5.60 Å². The van der Waals surface area contributed by atoms with Gasteiger partial charge in [0, 0.05) is 6.08 Å². The first-order chi connectivity index (χ1) is 7.45. The van der Waals surface area contributed by atoms with Crippen molar-refractivity contribution in [2.45, 2.75) is 58.5 Å². The molecule has 0 saturated carbocycles. The summed E-state index contributed by atoms with van der Waals surface area (Å²) in [5.74, 6) is -0.251. The van der Waals surface area contributed by atoms with Crippen LogP contribution in [0.2, 0.25) is 0 Å². The second-order valence-corrected chi connectivity index (χ2v) is 4.86. The third-order valence-electron chi connectivity index (χ3n) is 1.94. The van der Waals surface area contributed by atoms with Crippen molar-refractivity contribution >= 4 is 5.97 Å². The van der Waals surface area contributed by atoms with Crippen molar-refractivity contribution in [3.63, 3.8) is 0 Å². The zero-order valence-corrected chi connectivity index (χ0v) is 10.8. The molecule has 2 heteroatoms. The third kappa shape index (κ3) is 11.0. The largest absolute Gasteiger partial charge is 0.457 e. The summed E-state index contributed by atoms with van der Waals surface area (Å²) in [6.45, 7) is 9.28. The van der Waals surface area contributed by atoms with Crippen LogP contribution in [0, 0.1) is 0 Å². The molecule has 0 N–H and O–H groups in total. The number of esters is 1. The van der Waals surface area contributed by atoms with E-state index in [-0.39, 0.29) is 5.97 Å². The first-order valence-corrected chi connectivity index (χ1v) is 5.96. The predicted octanol–water partition coefficient (Wildman–Crippen LogP) is 4.02. The Balaban J connectivity index is 3.53. The minimum atomic E-state index is -0.397. The van der Waals surface area contributed by atoms with Crippen LogP contribution in [-0.4, -0.2) is 11.6 Å². The van der Waals surface area contributed by atoms with Gasteiger partial charge in [0.1, 0.15) is 5.60 Å². The van der Waals surface area contributed by atoms with Crippen molar-refractivity contribution in [1.82, 2.24) is 0 Å². The second-order valence-electron chi connectivity index (χ2n) is 4.86. The molecule has 0 aromatic carbocycles. The average Bonchev–Trinajstić information content (AvgIpc) is 2.13. The number of carbonyl (C=O) groups excluding carboxylic acids is 1. The molecule has 16 heavy (non-hydrogen) atoms. The van der Waals surface area contributed by atoms with E-state index in [1.807, 2.05) is 32.9 Å². The normalized spacial score (nSPS) is 11.7. The number of hydrogen-bond acceptors (Lipinski definition) is 2. The van der Waals surface area contributed by atoms with E-state index >= 15 is 0 Å². The van der Waals surface area contributed by atoms with E-state index in [9.17, 15) is 4.79 Å². The lowest BCUT2D eigenvalue weighted by atomic mass is 10.1. The monoisotopic (exact) mass is 224 g/mol. The third-order valence-corrected chi connectivity index (χ3v) is 1.94. The van der Waals surface area contributed by atoms with E-state index in [4.69, 9.17) is 4.74 Å². The van der Waals surface area contributed by atoms with Crippen molar-refractivity contribution in [3.8, 4) is 0 Å². The number of ether oxygens (including phenoxy) is 1. The summed E-state index contributed by atoms with van der Waals surface area (Å²) in [6.07, 6.45) is 10.9. The molecule has 0 atom stereocenters. The zero-order chi connectivity index (χ0) is 12.4. The summed E-state index contributed by atoms with van der Waals surface area (Å²) >= 11 is 0. The molecule has 0 bridgehead atoms. The number of rotatable bonds is 7. The van der Waals surface area contributed by atoms with Crippen molar-refractivity contribution < 1.29 is 9.53 Å². The number of unbranched alkanes of at least 4 members (excludes halogenated alkanes) is 4. The highest BCUT2D eigenvalue weighted by Crippen LogP contribution is 2.08. The van der Waals surface area contributed by atoms with E-state index in [1.165, 1.54) is 18.9 Å². The quantitative estimate of drug-likeness (QED) is 0.282. The Hall–Kier alpha value is -1.05. The minimum absolute atomic E-state index is 0.251. The molecule has 2 nitrogen and oxygen atoms in total. The predicted molar refractivity (Wildman–Crippen MR) is 68.3 cm³/mol. The van der Waals surface area contributed by atoms with Crippen LogP contribution in [0.1, 0.15) is 52.9 Å². The Morgan fingerprint density at radius 3 is 2.38 bits per heavy atom. The van der Waals surface area contributed by atoms with Crippen molar-refractivity contribution in [2.75, 3.05) is 0 Å². The number of carbonyl (C=O) groups is 1. The molecule has 0 spiro atoms. The van der Waals surface area contributed by atoms with Gasteiger partial charge in [-0.15, -0.1) is 6.58 Å². The Morgan fingerprint density at radius 2 is 1.81 bits per heavy atom. The van der Waals surface area contributed by atoms with Gasteiger partial charge in [-0.3, -0.25) is 0 Å². The van der Waals surface area contributed by atoms with Gasteiger partial charge in [-0.05, 0) is 46.5 Å². The van der Waals surface area contributed by atoms with Gasteiger partial charge in [0.2, 0.25) is 0 Å². The van der Waals surface area contributed by atoms with Gasteiger partial charge in [-0.2, -0.15) is 0 Å². The number of hydrogen-bond donors (Lipinski definition) is 0. The molecule has 92 valence electrons. The van der Waals surface area contributed by atoms with Crippen LogP contribution in [0.15, 0.2) is 24.8 Å². The lowest BCUT2D eigenvalue weighted by Gasteiger charge is -2.17. The highest BCUT2D eigenvalue weighted by atomic mass is 16.6. The molecule has 0 aliphatic heterocycles. The van der Waals surface area contributed by atoms with Gasteiger partial charge in [-0.1, -0.05) is 18.6 Å². The van der Waals surface area contributed by atoms with Crippen LogP contribution in [0.3, 0.4) is 0 Å². The van der Waals surface area contributed by atoms with Crippen LogP contribution < -0.4 is 0 Å². The molecule has 0 amide bonds. The topological polar surface area (TPSA) is 26.3 Å². The van der Waals surface area contributed by atoms with Crippen LogP contribution >= 0.6 is 0 Å². The van der Waals surface area contributed by atoms with Crippen molar-refractivity contribution in [1.29, 1.82) is 0 Å². The highest BCUT2D eigenvalue weighted by Gasteiger charge is 2.13. The second kappa shape index (κ2) is 8.14. The van der Waals surface area contributed by atoms with E-state index in [0.717, 1.165) is 19.3 Å². The van der Waals surface area contributed by atoms with Gasteiger partial charge in [-0.25, -0.2) is 4.79 Å². The molecule has 0 saturated heterocycles. The lowest BCUT2D eigenvalue weighted by Crippen LogP contribution is -2.22. The molecule has 0 aliphatic carbocycles. The Bertz CT molecular complexity index is 234. The van der Waals surface area contributed by atoms with Crippen molar-refractivity contribution in [2.24, 2.45) is 0 Å². The first kappa shape index (κ1) is 14.9. The van der Waals surface area contributed by atoms with Crippen LogP contribution in [0.5, 0.6) is 0 Å².